The molecule has 0 aliphatic rings. The highest BCUT2D eigenvalue weighted by atomic mass is 16.5. The third-order valence-corrected chi connectivity index (χ3v) is 6.67. The summed E-state index contributed by atoms with van der Waals surface area (Å²) in [5.41, 5.74) is 5.31. The standard InChI is InChI=1S/C29H39N7O4/c1-5-6-9-16-36(29(39)20(4)30-27(37)25(17-19(2)3)28(38)33-40)18-21-12-14-22(15-13-21)23-10-7-8-11-24(23)26-31-34-35-32-26/h7-8,10-15,19-20,25,40H,5-6,9,16-18H2,1-4H3,(H,30,37)(H,33,38)(H,31,32,34,35)/t20-,25?/m0/s1. The van der Waals surface area contributed by atoms with Gasteiger partial charge in [0, 0.05) is 18.7 Å². The van der Waals surface area contributed by atoms with E-state index in [4.69, 9.17) is 5.21 Å². The Balaban J connectivity index is 1.75. The van der Waals surface area contributed by atoms with Crippen molar-refractivity contribution in [1.29, 1.82) is 0 Å². The van der Waals surface area contributed by atoms with E-state index >= 15 is 0 Å². The molecular formula is C29H39N7O4. The Morgan fingerprint density at radius 2 is 1.68 bits per heavy atom. The summed E-state index contributed by atoms with van der Waals surface area (Å²) >= 11 is 0. The van der Waals surface area contributed by atoms with E-state index in [0.29, 0.717) is 18.9 Å². The third kappa shape index (κ3) is 8.19. The zero-order valence-corrected chi connectivity index (χ0v) is 23.6. The number of unbranched alkanes of at least 4 members (excludes halogenated alkanes) is 2. The fourth-order valence-corrected chi connectivity index (χ4v) is 4.57. The Kier molecular flexibility index (Phi) is 11.3. The lowest BCUT2D eigenvalue weighted by atomic mass is 9.95. The van der Waals surface area contributed by atoms with Gasteiger partial charge in [0.25, 0.3) is 5.91 Å². The number of hydrogen-bond donors (Lipinski definition) is 4. The van der Waals surface area contributed by atoms with Crippen LogP contribution >= 0.6 is 0 Å². The molecule has 0 saturated carbocycles. The SMILES string of the molecule is CCCCCN(Cc1ccc(-c2ccccc2-c2nn[nH]n2)cc1)C(=O)[C@H](C)NC(=O)C(CC(C)C)C(=O)NO. The van der Waals surface area contributed by atoms with Crippen LogP contribution in [0.4, 0.5) is 0 Å². The quantitative estimate of drug-likeness (QED) is 0.103. The smallest absolute Gasteiger partial charge is 0.255 e. The Morgan fingerprint density at radius 1 is 0.975 bits per heavy atom. The zero-order chi connectivity index (χ0) is 29.1. The third-order valence-electron chi connectivity index (χ3n) is 6.67. The molecule has 1 aromatic heterocycles. The van der Waals surface area contributed by atoms with E-state index in [1.54, 1.807) is 17.3 Å². The van der Waals surface area contributed by atoms with Gasteiger partial charge in [-0.05, 0) is 47.6 Å². The van der Waals surface area contributed by atoms with Gasteiger partial charge in [-0.25, -0.2) is 5.48 Å². The molecule has 0 aliphatic carbocycles. The summed E-state index contributed by atoms with van der Waals surface area (Å²) in [4.78, 5) is 40.1. The van der Waals surface area contributed by atoms with E-state index in [9.17, 15) is 14.4 Å². The molecule has 1 heterocycles. The topological polar surface area (TPSA) is 153 Å². The van der Waals surface area contributed by atoms with Crippen LogP contribution in [0.25, 0.3) is 22.5 Å². The summed E-state index contributed by atoms with van der Waals surface area (Å²) in [6.45, 7) is 8.40. The number of hydroxylamine groups is 1. The van der Waals surface area contributed by atoms with Gasteiger partial charge in [0.1, 0.15) is 12.0 Å². The lowest BCUT2D eigenvalue weighted by Crippen LogP contribution is -2.50. The van der Waals surface area contributed by atoms with Crippen molar-refractivity contribution in [2.75, 3.05) is 6.54 Å². The summed E-state index contributed by atoms with van der Waals surface area (Å²) in [7, 11) is 0. The van der Waals surface area contributed by atoms with Crippen molar-refractivity contribution >= 4 is 17.7 Å². The monoisotopic (exact) mass is 549 g/mol. The summed E-state index contributed by atoms with van der Waals surface area (Å²) in [6.07, 6.45) is 3.07. The van der Waals surface area contributed by atoms with Crippen LogP contribution in [0.1, 0.15) is 58.9 Å². The van der Waals surface area contributed by atoms with Crippen molar-refractivity contribution in [3.05, 3.63) is 54.1 Å². The summed E-state index contributed by atoms with van der Waals surface area (Å²) in [5.74, 6) is -2.13. The Bertz CT molecular complexity index is 1250. The van der Waals surface area contributed by atoms with Gasteiger partial charge in [-0.1, -0.05) is 82.1 Å². The highest BCUT2D eigenvalue weighted by Gasteiger charge is 2.30. The Hall–Kier alpha value is -4.12. The average molecular weight is 550 g/mol. The summed E-state index contributed by atoms with van der Waals surface area (Å²) < 4.78 is 0. The number of benzene rings is 2. The molecule has 2 aromatic carbocycles. The largest absolute Gasteiger partial charge is 0.344 e. The molecule has 3 rings (SSSR count). The van der Waals surface area contributed by atoms with Crippen LogP contribution in [0, 0.1) is 11.8 Å². The fourth-order valence-electron chi connectivity index (χ4n) is 4.57. The molecule has 11 heteroatoms. The highest BCUT2D eigenvalue weighted by molar-refractivity contribution is 6.01. The van der Waals surface area contributed by atoms with Crippen molar-refractivity contribution in [3.63, 3.8) is 0 Å². The molecule has 4 N–H and O–H groups in total. The minimum absolute atomic E-state index is 0.0479. The summed E-state index contributed by atoms with van der Waals surface area (Å²) in [6, 6.07) is 14.9. The molecule has 0 saturated heterocycles. The van der Waals surface area contributed by atoms with E-state index in [-0.39, 0.29) is 18.2 Å². The van der Waals surface area contributed by atoms with Crippen LogP contribution in [0.15, 0.2) is 48.5 Å². The van der Waals surface area contributed by atoms with Crippen LogP contribution in [0.5, 0.6) is 0 Å². The van der Waals surface area contributed by atoms with Gasteiger partial charge in [0.05, 0.1) is 0 Å². The second kappa shape index (κ2) is 14.9. The van der Waals surface area contributed by atoms with Crippen molar-refractivity contribution in [1.82, 2.24) is 36.3 Å². The first-order valence-corrected chi connectivity index (χ1v) is 13.7. The van der Waals surface area contributed by atoms with Crippen LogP contribution in [0.2, 0.25) is 0 Å². The lowest BCUT2D eigenvalue weighted by Gasteiger charge is -2.27. The molecule has 2 atom stereocenters. The minimum atomic E-state index is -1.09. The van der Waals surface area contributed by atoms with E-state index in [1.165, 1.54) is 0 Å². The Morgan fingerprint density at radius 3 is 2.27 bits per heavy atom. The van der Waals surface area contributed by atoms with Crippen molar-refractivity contribution in [3.8, 4) is 22.5 Å². The van der Waals surface area contributed by atoms with E-state index < -0.39 is 23.8 Å². The van der Waals surface area contributed by atoms with Crippen LogP contribution in [-0.4, -0.2) is 61.0 Å². The Labute approximate surface area is 234 Å². The maximum absolute atomic E-state index is 13.5. The average Bonchev–Trinajstić information content (AvgIpc) is 3.50. The van der Waals surface area contributed by atoms with Crippen molar-refractivity contribution < 1.29 is 19.6 Å². The number of carbonyl (C=O) groups is 3. The molecule has 11 nitrogen and oxygen atoms in total. The van der Waals surface area contributed by atoms with Gasteiger partial charge < -0.3 is 10.2 Å². The maximum atomic E-state index is 13.5. The number of nitrogens with zero attached hydrogens (tertiary/aromatic N) is 4. The van der Waals surface area contributed by atoms with E-state index in [1.807, 2.05) is 62.4 Å². The van der Waals surface area contributed by atoms with Crippen LogP contribution in [0.3, 0.4) is 0 Å². The number of rotatable bonds is 14. The number of aromatic amines is 1. The molecule has 0 bridgehead atoms. The molecule has 3 amide bonds. The highest BCUT2D eigenvalue weighted by Crippen LogP contribution is 2.30. The number of tetrazole rings is 1. The number of H-pyrrole nitrogens is 1. The van der Waals surface area contributed by atoms with Crippen LogP contribution < -0.4 is 10.8 Å². The van der Waals surface area contributed by atoms with Crippen molar-refractivity contribution in [2.45, 2.75) is 66.0 Å². The normalized spacial score (nSPS) is 12.6. The van der Waals surface area contributed by atoms with Gasteiger partial charge in [0.15, 0.2) is 0 Å². The number of nitrogens with one attached hydrogen (secondary N) is 3. The number of amides is 3. The predicted molar refractivity (Wildman–Crippen MR) is 150 cm³/mol. The first-order chi connectivity index (χ1) is 19.2. The molecule has 40 heavy (non-hydrogen) atoms. The van der Waals surface area contributed by atoms with E-state index in [2.05, 4.69) is 32.9 Å². The molecule has 0 aliphatic heterocycles. The molecule has 3 aromatic rings. The summed E-state index contributed by atoms with van der Waals surface area (Å²) in [5, 5.41) is 26.1. The van der Waals surface area contributed by atoms with Crippen molar-refractivity contribution in [2.24, 2.45) is 11.8 Å². The molecule has 214 valence electrons. The second-order valence-electron chi connectivity index (χ2n) is 10.3. The molecule has 0 radical (unpaired) electrons. The van der Waals surface area contributed by atoms with Gasteiger partial charge in [0.2, 0.25) is 17.6 Å². The predicted octanol–water partition coefficient (Wildman–Crippen LogP) is 3.72. The lowest BCUT2D eigenvalue weighted by molar-refractivity contribution is -0.144. The van der Waals surface area contributed by atoms with Crippen LogP contribution in [-0.2, 0) is 20.9 Å². The first kappa shape index (κ1) is 30.4. The first-order valence-electron chi connectivity index (χ1n) is 13.7. The number of hydrogen-bond acceptors (Lipinski definition) is 7. The minimum Gasteiger partial charge on any atom is -0.344 e. The van der Waals surface area contributed by atoms with Gasteiger partial charge >= 0.3 is 0 Å². The maximum Gasteiger partial charge on any atom is 0.255 e. The second-order valence-corrected chi connectivity index (χ2v) is 10.3. The molecule has 1 unspecified atom stereocenters. The zero-order valence-electron chi connectivity index (χ0n) is 23.6. The molecule has 0 fully saturated rings. The van der Waals surface area contributed by atoms with Gasteiger partial charge in [-0.3, -0.25) is 19.6 Å². The number of aromatic nitrogens is 4. The fraction of sp³-hybridized carbons (Fsp3) is 0.448. The van der Waals surface area contributed by atoms with E-state index in [0.717, 1.165) is 41.5 Å². The molecule has 0 spiro atoms. The van der Waals surface area contributed by atoms with Gasteiger partial charge in [-0.2, -0.15) is 5.21 Å². The van der Waals surface area contributed by atoms with Gasteiger partial charge in [-0.15, -0.1) is 10.2 Å². The molecular weight excluding hydrogens is 510 g/mol. The number of carbonyl (C=O) groups excluding carboxylic acids is 3.